The van der Waals surface area contributed by atoms with Gasteiger partial charge in [-0.05, 0) is 30.7 Å². The number of aryl methyl sites for hydroxylation is 1. The minimum Gasteiger partial charge on any atom is -0.365 e. The highest BCUT2D eigenvalue weighted by molar-refractivity contribution is 5.58. The molecule has 0 aliphatic carbocycles. The Bertz CT molecular complexity index is 1120. The lowest BCUT2D eigenvalue weighted by Crippen LogP contribution is -2.21. The number of benzene rings is 2. The highest BCUT2D eigenvalue weighted by Gasteiger charge is 2.24. The quantitative estimate of drug-likeness (QED) is 0.533. The lowest BCUT2D eigenvalue weighted by Gasteiger charge is -2.24. The van der Waals surface area contributed by atoms with E-state index in [-0.39, 0.29) is 11.9 Å². The third kappa shape index (κ3) is 3.10. The monoisotopic (exact) mass is 376 g/mol. The summed E-state index contributed by atoms with van der Waals surface area (Å²) in [7, 11) is 0. The second-order valence-electron chi connectivity index (χ2n) is 6.84. The minimum atomic E-state index is -0.262. The summed E-state index contributed by atoms with van der Waals surface area (Å²) in [5, 5.41) is 8.67. The second kappa shape index (κ2) is 6.69. The summed E-state index contributed by atoms with van der Waals surface area (Å²) in [4.78, 5) is 4.47. The standard InChI is InChI=1S/C21H17FN4O2/c1-13-2-4-15(5-3-13)20-23-21(28-25-20)18-10-17-12-27-19(11-26(17)24-18)14-6-8-16(22)9-7-14/h2-10,19H,11-12H2,1H3/t19-/m0/s1. The van der Waals surface area contributed by atoms with E-state index in [9.17, 15) is 4.39 Å². The molecule has 28 heavy (non-hydrogen) atoms. The SMILES string of the molecule is Cc1ccc(-c2noc(-c3cc4n(n3)C[C@@H](c3ccc(F)cc3)OC4)n2)cc1. The molecule has 0 bridgehead atoms. The molecular formula is C21H17FN4O2. The number of halogens is 1. The maximum absolute atomic E-state index is 13.1. The van der Waals surface area contributed by atoms with Gasteiger partial charge in [0.05, 0.1) is 18.8 Å². The topological polar surface area (TPSA) is 66.0 Å². The van der Waals surface area contributed by atoms with Crippen molar-refractivity contribution in [1.29, 1.82) is 0 Å². The fourth-order valence-corrected chi connectivity index (χ4v) is 3.26. The van der Waals surface area contributed by atoms with E-state index in [0.29, 0.717) is 30.6 Å². The number of fused-ring (bicyclic) bond motifs is 1. The number of nitrogens with zero attached hydrogens (tertiary/aromatic N) is 4. The number of hydrogen-bond donors (Lipinski definition) is 0. The van der Waals surface area contributed by atoms with Crippen molar-refractivity contribution in [2.24, 2.45) is 0 Å². The maximum Gasteiger partial charge on any atom is 0.278 e. The molecule has 5 rings (SSSR count). The Labute approximate surface area is 160 Å². The van der Waals surface area contributed by atoms with E-state index in [1.54, 1.807) is 12.1 Å². The normalized spacial score (nSPS) is 16.1. The molecule has 1 atom stereocenters. The number of ether oxygens (including phenoxy) is 1. The molecule has 2 aromatic heterocycles. The van der Waals surface area contributed by atoms with Gasteiger partial charge in [0.15, 0.2) is 5.69 Å². The lowest BCUT2D eigenvalue weighted by molar-refractivity contribution is -0.00116. The van der Waals surface area contributed by atoms with Gasteiger partial charge in [0.2, 0.25) is 5.82 Å². The molecule has 0 fully saturated rings. The van der Waals surface area contributed by atoms with Crippen LogP contribution in [0.2, 0.25) is 0 Å². The molecule has 0 N–H and O–H groups in total. The molecule has 0 radical (unpaired) electrons. The molecule has 140 valence electrons. The van der Waals surface area contributed by atoms with Crippen molar-refractivity contribution in [2.75, 3.05) is 0 Å². The van der Waals surface area contributed by atoms with E-state index in [0.717, 1.165) is 16.8 Å². The number of rotatable bonds is 3. The molecule has 2 aromatic carbocycles. The van der Waals surface area contributed by atoms with E-state index in [2.05, 4.69) is 15.2 Å². The van der Waals surface area contributed by atoms with Crippen molar-refractivity contribution in [1.82, 2.24) is 19.9 Å². The van der Waals surface area contributed by atoms with Crippen molar-refractivity contribution in [3.8, 4) is 23.0 Å². The predicted octanol–water partition coefficient (Wildman–Crippen LogP) is 4.32. The molecule has 0 unspecified atom stereocenters. The summed E-state index contributed by atoms with van der Waals surface area (Å²) in [6.45, 7) is 2.98. The van der Waals surface area contributed by atoms with Gasteiger partial charge in [0.1, 0.15) is 11.9 Å². The first-order valence-corrected chi connectivity index (χ1v) is 9.00. The van der Waals surface area contributed by atoms with Gasteiger partial charge >= 0.3 is 0 Å². The van der Waals surface area contributed by atoms with Crippen LogP contribution in [0.15, 0.2) is 59.1 Å². The smallest absolute Gasteiger partial charge is 0.278 e. The summed E-state index contributed by atoms with van der Waals surface area (Å²) in [5.41, 5.74) is 4.53. The van der Waals surface area contributed by atoms with E-state index in [1.807, 2.05) is 41.9 Å². The van der Waals surface area contributed by atoms with Crippen LogP contribution in [0.4, 0.5) is 4.39 Å². The van der Waals surface area contributed by atoms with Crippen LogP contribution in [0.1, 0.15) is 22.9 Å². The van der Waals surface area contributed by atoms with Crippen LogP contribution in [0, 0.1) is 12.7 Å². The van der Waals surface area contributed by atoms with Crippen LogP contribution in [-0.2, 0) is 17.9 Å². The van der Waals surface area contributed by atoms with Crippen molar-refractivity contribution in [3.63, 3.8) is 0 Å². The third-order valence-corrected chi connectivity index (χ3v) is 4.83. The molecule has 0 saturated heterocycles. The van der Waals surface area contributed by atoms with Gasteiger partial charge in [-0.3, -0.25) is 4.68 Å². The van der Waals surface area contributed by atoms with Crippen LogP contribution in [0.3, 0.4) is 0 Å². The molecule has 7 heteroatoms. The molecule has 0 amide bonds. The molecular weight excluding hydrogens is 359 g/mol. The Morgan fingerprint density at radius 1 is 1.07 bits per heavy atom. The summed E-state index contributed by atoms with van der Waals surface area (Å²) in [5.74, 6) is 0.639. The zero-order valence-electron chi connectivity index (χ0n) is 15.2. The lowest BCUT2D eigenvalue weighted by atomic mass is 10.1. The molecule has 1 aliphatic rings. The first kappa shape index (κ1) is 16.8. The summed E-state index contributed by atoms with van der Waals surface area (Å²) >= 11 is 0. The van der Waals surface area contributed by atoms with Crippen LogP contribution in [0.25, 0.3) is 23.0 Å². The van der Waals surface area contributed by atoms with Gasteiger partial charge < -0.3 is 9.26 Å². The molecule has 4 aromatic rings. The Kier molecular flexibility index (Phi) is 4.02. The summed E-state index contributed by atoms with van der Waals surface area (Å²) in [6, 6.07) is 16.2. The Morgan fingerprint density at radius 2 is 1.86 bits per heavy atom. The molecule has 0 saturated carbocycles. The fraction of sp³-hybridized carbons (Fsp3) is 0.190. The van der Waals surface area contributed by atoms with Crippen LogP contribution < -0.4 is 0 Å². The predicted molar refractivity (Wildman–Crippen MR) is 99.6 cm³/mol. The van der Waals surface area contributed by atoms with Crippen LogP contribution in [0.5, 0.6) is 0 Å². The Hall–Kier alpha value is -3.32. The average Bonchev–Trinajstić information content (AvgIpc) is 3.35. The fourth-order valence-electron chi connectivity index (χ4n) is 3.26. The third-order valence-electron chi connectivity index (χ3n) is 4.83. The molecule has 3 heterocycles. The van der Waals surface area contributed by atoms with Crippen molar-refractivity contribution in [3.05, 3.63) is 77.2 Å². The average molecular weight is 376 g/mol. The second-order valence-corrected chi connectivity index (χ2v) is 6.84. The highest BCUT2D eigenvalue weighted by Crippen LogP contribution is 2.29. The number of hydrogen-bond acceptors (Lipinski definition) is 5. The number of aromatic nitrogens is 4. The Balaban J connectivity index is 1.39. The first-order chi connectivity index (χ1) is 13.7. The van der Waals surface area contributed by atoms with E-state index < -0.39 is 0 Å². The van der Waals surface area contributed by atoms with E-state index in [1.165, 1.54) is 17.7 Å². The van der Waals surface area contributed by atoms with E-state index >= 15 is 0 Å². The van der Waals surface area contributed by atoms with Gasteiger partial charge in [-0.2, -0.15) is 10.1 Å². The molecule has 0 spiro atoms. The van der Waals surface area contributed by atoms with Crippen LogP contribution in [-0.4, -0.2) is 19.9 Å². The van der Waals surface area contributed by atoms with Crippen molar-refractivity contribution >= 4 is 0 Å². The summed E-state index contributed by atoms with van der Waals surface area (Å²) in [6.07, 6.45) is -0.174. The van der Waals surface area contributed by atoms with Gasteiger partial charge in [-0.1, -0.05) is 47.1 Å². The van der Waals surface area contributed by atoms with Crippen molar-refractivity contribution < 1.29 is 13.7 Å². The molecule has 1 aliphatic heterocycles. The minimum absolute atomic E-state index is 0.174. The Morgan fingerprint density at radius 3 is 2.64 bits per heavy atom. The van der Waals surface area contributed by atoms with Crippen molar-refractivity contribution in [2.45, 2.75) is 26.2 Å². The molecule has 6 nitrogen and oxygen atoms in total. The highest BCUT2D eigenvalue weighted by atomic mass is 19.1. The summed E-state index contributed by atoms with van der Waals surface area (Å²) < 4.78 is 26.4. The van der Waals surface area contributed by atoms with Gasteiger partial charge in [-0.25, -0.2) is 4.39 Å². The zero-order chi connectivity index (χ0) is 19.1. The van der Waals surface area contributed by atoms with Gasteiger partial charge in [0, 0.05) is 5.56 Å². The van der Waals surface area contributed by atoms with E-state index in [4.69, 9.17) is 9.26 Å². The van der Waals surface area contributed by atoms with Gasteiger partial charge in [-0.15, -0.1) is 0 Å². The maximum atomic E-state index is 13.1. The zero-order valence-corrected chi connectivity index (χ0v) is 15.2. The van der Waals surface area contributed by atoms with Gasteiger partial charge in [0.25, 0.3) is 5.89 Å². The largest absolute Gasteiger partial charge is 0.365 e. The van der Waals surface area contributed by atoms with Crippen LogP contribution >= 0.6 is 0 Å². The first-order valence-electron chi connectivity index (χ1n) is 9.00.